The van der Waals surface area contributed by atoms with Gasteiger partial charge in [-0.15, -0.1) is 0 Å². The van der Waals surface area contributed by atoms with Gasteiger partial charge in [-0.2, -0.15) is 0 Å². The normalized spacial score (nSPS) is 19.5. The second-order valence-electron chi connectivity index (χ2n) is 5.11. The van der Waals surface area contributed by atoms with Gasteiger partial charge in [-0.1, -0.05) is 55.9 Å². The van der Waals surface area contributed by atoms with Crippen LogP contribution in [0.2, 0.25) is 0 Å². The molecule has 1 fully saturated rings. The molecule has 5 nitrogen and oxygen atoms in total. The number of benzene rings is 1. The van der Waals surface area contributed by atoms with Crippen LogP contribution in [0.25, 0.3) is 0 Å². The zero-order valence-electron chi connectivity index (χ0n) is 11.9. The number of thiocarbonyl (C=S) groups is 1. The maximum Gasteiger partial charge on any atom is 0.324 e. The minimum Gasteiger partial charge on any atom is -0.393 e. The minimum absolute atomic E-state index is 0.185. The molecule has 0 saturated carbocycles. The number of nitrogens with two attached hydrogens (primary N) is 1. The summed E-state index contributed by atoms with van der Waals surface area (Å²) >= 11 is 5.10. The largest absolute Gasteiger partial charge is 0.393 e. The van der Waals surface area contributed by atoms with Crippen LogP contribution in [0.3, 0.4) is 0 Å². The first kappa shape index (κ1) is 15.4. The van der Waals surface area contributed by atoms with Crippen molar-refractivity contribution >= 4 is 29.1 Å². The van der Waals surface area contributed by atoms with Crippen molar-refractivity contribution in [2.24, 2.45) is 5.73 Å². The first-order chi connectivity index (χ1) is 10.0. The highest BCUT2D eigenvalue weighted by Gasteiger charge is 2.38. The fraction of sp³-hybridized carbons (Fsp3) is 0.400. The smallest absolute Gasteiger partial charge is 0.324 e. The summed E-state index contributed by atoms with van der Waals surface area (Å²) in [6.07, 6.45) is 1.48. The van der Waals surface area contributed by atoms with E-state index in [2.05, 4.69) is 5.32 Å². The van der Waals surface area contributed by atoms with Gasteiger partial charge >= 0.3 is 6.03 Å². The fourth-order valence-corrected chi connectivity index (χ4v) is 2.67. The average molecular weight is 305 g/mol. The Kier molecular flexibility index (Phi) is 4.90. The zero-order chi connectivity index (χ0) is 15.4. The maximum atomic E-state index is 12.3. The van der Waals surface area contributed by atoms with Crippen LogP contribution >= 0.6 is 12.2 Å². The number of rotatable bonds is 6. The van der Waals surface area contributed by atoms with Crippen molar-refractivity contribution in [1.82, 2.24) is 10.2 Å². The van der Waals surface area contributed by atoms with Crippen molar-refractivity contribution in [3.05, 3.63) is 35.9 Å². The quantitative estimate of drug-likeness (QED) is 0.620. The van der Waals surface area contributed by atoms with E-state index in [4.69, 9.17) is 18.0 Å². The third-order valence-electron chi connectivity index (χ3n) is 3.59. The molecule has 1 aromatic carbocycles. The zero-order valence-corrected chi connectivity index (χ0v) is 12.7. The van der Waals surface area contributed by atoms with Crippen LogP contribution in [0.15, 0.2) is 30.3 Å². The molecule has 2 rings (SSSR count). The Bertz CT molecular complexity index is 547. The number of carbonyl (C=O) groups excluding carboxylic acids is 2. The highest BCUT2D eigenvalue weighted by molar-refractivity contribution is 7.80. The lowest BCUT2D eigenvalue weighted by molar-refractivity contribution is -0.127. The summed E-state index contributed by atoms with van der Waals surface area (Å²) in [5.41, 5.74) is 6.70. The second-order valence-corrected chi connectivity index (χ2v) is 5.58. The van der Waals surface area contributed by atoms with Crippen LogP contribution < -0.4 is 11.1 Å². The monoisotopic (exact) mass is 305 g/mol. The van der Waals surface area contributed by atoms with Gasteiger partial charge in [0.05, 0.1) is 10.9 Å². The molecule has 0 spiro atoms. The Morgan fingerprint density at radius 1 is 1.38 bits per heavy atom. The van der Waals surface area contributed by atoms with Crippen molar-refractivity contribution in [2.75, 3.05) is 6.54 Å². The molecule has 1 saturated heterocycles. The van der Waals surface area contributed by atoms with Gasteiger partial charge in [0.2, 0.25) is 0 Å². The van der Waals surface area contributed by atoms with Gasteiger partial charge < -0.3 is 11.1 Å². The van der Waals surface area contributed by atoms with Crippen LogP contribution in [0.1, 0.15) is 31.2 Å². The molecule has 1 aliphatic rings. The lowest BCUT2D eigenvalue weighted by atomic mass is 9.98. The Hall–Kier alpha value is -1.95. The van der Waals surface area contributed by atoms with Gasteiger partial charge in [-0.3, -0.25) is 9.69 Å². The van der Waals surface area contributed by atoms with Crippen molar-refractivity contribution in [3.63, 3.8) is 0 Å². The van der Waals surface area contributed by atoms with Gasteiger partial charge in [-0.05, 0) is 12.0 Å². The first-order valence-corrected chi connectivity index (χ1v) is 7.41. The number of hydrogen-bond donors (Lipinski definition) is 2. The van der Waals surface area contributed by atoms with Crippen LogP contribution in [0.4, 0.5) is 4.79 Å². The van der Waals surface area contributed by atoms with E-state index in [1.807, 2.05) is 37.3 Å². The molecule has 1 aliphatic heterocycles. The highest BCUT2D eigenvalue weighted by Crippen LogP contribution is 2.21. The summed E-state index contributed by atoms with van der Waals surface area (Å²) in [6.45, 7) is 2.16. The van der Waals surface area contributed by atoms with E-state index in [0.29, 0.717) is 6.42 Å². The van der Waals surface area contributed by atoms with Gasteiger partial charge in [-0.25, -0.2) is 4.79 Å². The number of hydrogen-bond acceptors (Lipinski definition) is 3. The summed E-state index contributed by atoms with van der Waals surface area (Å²) in [7, 11) is 0. The molecule has 0 radical (unpaired) electrons. The first-order valence-electron chi connectivity index (χ1n) is 7.00. The molecule has 21 heavy (non-hydrogen) atoms. The van der Waals surface area contributed by atoms with E-state index >= 15 is 0 Å². The van der Waals surface area contributed by atoms with E-state index in [-0.39, 0.29) is 29.4 Å². The minimum atomic E-state index is -0.426. The number of amides is 3. The Morgan fingerprint density at radius 2 is 2.05 bits per heavy atom. The van der Waals surface area contributed by atoms with Crippen LogP contribution in [-0.2, 0) is 4.79 Å². The number of carbonyl (C=O) groups is 2. The molecule has 3 amide bonds. The summed E-state index contributed by atoms with van der Waals surface area (Å²) in [4.78, 5) is 25.7. The molecule has 0 aromatic heterocycles. The van der Waals surface area contributed by atoms with Gasteiger partial charge in [0.25, 0.3) is 5.91 Å². The molecule has 2 unspecified atom stereocenters. The van der Waals surface area contributed by atoms with Gasteiger partial charge in [0.15, 0.2) is 0 Å². The number of nitrogens with one attached hydrogen (secondary N) is 1. The Labute approximate surface area is 129 Å². The van der Waals surface area contributed by atoms with Crippen LogP contribution in [-0.4, -0.2) is 34.4 Å². The molecule has 6 heteroatoms. The van der Waals surface area contributed by atoms with Crippen molar-refractivity contribution < 1.29 is 9.59 Å². The highest BCUT2D eigenvalue weighted by atomic mass is 32.1. The van der Waals surface area contributed by atoms with E-state index < -0.39 is 6.04 Å². The maximum absolute atomic E-state index is 12.3. The predicted molar refractivity (Wildman–Crippen MR) is 84.9 cm³/mol. The van der Waals surface area contributed by atoms with Crippen LogP contribution in [0.5, 0.6) is 0 Å². The van der Waals surface area contributed by atoms with Crippen LogP contribution in [0, 0.1) is 0 Å². The predicted octanol–water partition coefficient (Wildman–Crippen LogP) is 1.78. The van der Waals surface area contributed by atoms with Gasteiger partial charge in [0, 0.05) is 6.54 Å². The fourth-order valence-electron chi connectivity index (χ4n) is 2.46. The summed E-state index contributed by atoms with van der Waals surface area (Å²) in [6, 6.07) is 8.66. The summed E-state index contributed by atoms with van der Waals surface area (Å²) < 4.78 is 0. The molecule has 0 aliphatic carbocycles. The van der Waals surface area contributed by atoms with Gasteiger partial charge in [0.1, 0.15) is 6.04 Å². The molecule has 1 aromatic rings. The third-order valence-corrected chi connectivity index (χ3v) is 3.88. The summed E-state index contributed by atoms with van der Waals surface area (Å²) in [5, 5.41) is 2.70. The molecule has 0 bridgehead atoms. The van der Waals surface area contributed by atoms with E-state index in [0.717, 1.165) is 12.0 Å². The SMILES string of the molecule is CCCC1NC(=O)N(CC(C(N)=S)c2ccccc2)C1=O. The molecule has 112 valence electrons. The number of urea groups is 1. The molecule has 3 N–H and O–H groups in total. The lowest BCUT2D eigenvalue weighted by Crippen LogP contribution is -2.38. The van der Waals surface area contributed by atoms with Crippen molar-refractivity contribution in [3.8, 4) is 0 Å². The third kappa shape index (κ3) is 3.39. The van der Waals surface area contributed by atoms with E-state index in [9.17, 15) is 9.59 Å². The number of imide groups is 1. The topological polar surface area (TPSA) is 75.4 Å². The molecule has 2 atom stereocenters. The second kappa shape index (κ2) is 6.67. The molecular weight excluding hydrogens is 286 g/mol. The number of nitrogens with zero attached hydrogens (tertiary/aromatic N) is 1. The Balaban J connectivity index is 2.16. The average Bonchev–Trinajstić information content (AvgIpc) is 2.72. The molecule has 1 heterocycles. The van der Waals surface area contributed by atoms with Crippen molar-refractivity contribution in [2.45, 2.75) is 31.7 Å². The molecular formula is C15H19N3O2S. The Morgan fingerprint density at radius 3 is 2.62 bits per heavy atom. The standard InChI is InChI=1S/C15H19N3O2S/c1-2-6-12-14(19)18(15(20)17-12)9-11(13(16)21)10-7-4-3-5-8-10/h3-5,7-8,11-12H,2,6,9H2,1H3,(H2,16,21)(H,17,20). The lowest BCUT2D eigenvalue weighted by Gasteiger charge is -2.21. The van der Waals surface area contributed by atoms with E-state index in [1.54, 1.807) is 0 Å². The summed E-state index contributed by atoms with van der Waals surface area (Å²) in [5.74, 6) is -0.518. The van der Waals surface area contributed by atoms with Crippen molar-refractivity contribution in [1.29, 1.82) is 0 Å². The van der Waals surface area contributed by atoms with E-state index in [1.165, 1.54) is 4.90 Å².